The van der Waals surface area contributed by atoms with Crippen molar-refractivity contribution >= 4 is 36.7 Å². The van der Waals surface area contributed by atoms with Gasteiger partial charge in [0.05, 0.1) is 8.07 Å². The van der Waals surface area contributed by atoms with Gasteiger partial charge in [0.2, 0.25) is 0 Å². The second kappa shape index (κ2) is 11.2. The van der Waals surface area contributed by atoms with E-state index in [2.05, 4.69) is 121 Å². The van der Waals surface area contributed by atoms with Gasteiger partial charge in [-0.2, -0.15) is 0 Å². The molecule has 1 atom stereocenters. The maximum absolute atomic E-state index is 15.4. The fraction of sp³-hybridized carbons (Fsp3) is 0.172. The first-order chi connectivity index (χ1) is 16.2. The lowest BCUT2D eigenvalue weighted by molar-refractivity contribution is 0.355. The van der Waals surface area contributed by atoms with Gasteiger partial charge in [0.25, 0.3) is 0 Å². The number of nitrogens with zero attached hydrogens (tertiary/aromatic N) is 1. The van der Waals surface area contributed by atoms with Crippen LogP contribution < -0.4 is 21.2 Å². The van der Waals surface area contributed by atoms with Crippen LogP contribution in [0.3, 0.4) is 0 Å². The zero-order chi connectivity index (χ0) is 23.1. The van der Waals surface area contributed by atoms with E-state index in [0.717, 1.165) is 0 Å². The molecule has 0 spiro atoms. The molecule has 0 bridgehead atoms. The summed E-state index contributed by atoms with van der Waals surface area (Å²) in [6.07, 6.45) is 0.153. The molecule has 4 rings (SSSR count). The molecule has 0 saturated carbocycles. The van der Waals surface area contributed by atoms with Gasteiger partial charge in [0.1, 0.15) is 22.9 Å². The number of halogens is 1. The Labute approximate surface area is 199 Å². The maximum atomic E-state index is 15.4. The first kappa shape index (κ1) is 23.8. The molecule has 0 N–H and O–H groups in total. The first-order valence-corrected chi connectivity index (χ1v) is 14.7. The zero-order valence-electron chi connectivity index (χ0n) is 19.3. The third-order valence-corrected chi connectivity index (χ3v) is 13.9. The lowest BCUT2D eigenvalue weighted by Crippen LogP contribution is -2.40. The molecule has 0 radical (unpaired) electrons. The number of rotatable bonds is 9. The Morgan fingerprint density at radius 2 is 1.03 bits per heavy atom. The van der Waals surface area contributed by atoms with Crippen molar-refractivity contribution in [3.63, 3.8) is 0 Å². The van der Waals surface area contributed by atoms with E-state index in [4.69, 9.17) is 0 Å². The Bertz CT molecular complexity index is 1030. The van der Waals surface area contributed by atoms with E-state index in [1.54, 1.807) is 0 Å². The zero-order valence-corrected chi connectivity index (χ0v) is 21.0. The van der Waals surface area contributed by atoms with Crippen molar-refractivity contribution in [1.29, 1.82) is 0 Å². The standard InChI is InChI=1S/C29H31FNP2/c1-3-25(30)24-33(28-20-12-6-13-21-28,29-22-14-7-15-23-29)31(2)32(26-16-8-4-9-17-26)27-18-10-5-11-19-27/h4-23,25H,3,24H2,1-2H3/q+1. The normalized spacial score (nSPS) is 12.8. The summed E-state index contributed by atoms with van der Waals surface area (Å²) in [7, 11) is -0.907. The van der Waals surface area contributed by atoms with Crippen LogP contribution >= 0.6 is 15.5 Å². The van der Waals surface area contributed by atoms with Crippen molar-refractivity contribution in [2.24, 2.45) is 0 Å². The van der Waals surface area contributed by atoms with Crippen LogP contribution in [0.15, 0.2) is 121 Å². The minimum atomic E-state index is -2.26. The molecule has 0 aliphatic rings. The summed E-state index contributed by atoms with van der Waals surface area (Å²) in [6.45, 7) is 1.95. The van der Waals surface area contributed by atoms with Crippen LogP contribution in [0.1, 0.15) is 13.3 Å². The van der Waals surface area contributed by atoms with Crippen molar-refractivity contribution in [2.75, 3.05) is 13.2 Å². The average molecular weight is 475 g/mol. The Kier molecular flexibility index (Phi) is 8.05. The maximum Gasteiger partial charge on any atom is 0.155 e. The molecule has 4 heteroatoms. The molecule has 0 aliphatic heterocycles. The fourth-order valence-corrected chi connectivity index (χ4v) is 12.7. The second-order valence-electron chi connectivity index (χ2n) is 8.10. The number of alkyl halides is 1. The van der Waals surface area contributed by atoms with E-state index in [1.165, 1.54) is 21.2 Å². The molecule has 0 aromatic heterocycles. The fourth-order valence-electron chi connectivity index (χ4n) is 4.35. The van der Waals surface area contributed by atoms with E-state index in [1.807, 2.05) is 19.1 Å². The third kappa shape index (κ3) is 5.10. The molecule has 0 saturated heterocycles. The van der Waals surface area contributed by atoms with E-state index in [0.29, 0.717) is 12.6 Å². The van der Waals surface area contributed by atoms with E-state index in [9.17, 15) is 0 Å². The van der Waals surface area contributed by atoms with Gasteiger partial charge in [-0.15, -0.1) is 4.44 Å². The van der Waals surface area contributed by atoms with E-state index < -0.39 is 21.7 Å². The lowest BCUT2D eigenvalue weighted by Gasteiger charge is -2.40. The molecule has 4 aromatic carbocycles. The van der Waals surface area contributed by atoms with Crippen molar-refractivity contribution in [3.8, 4) is 0 Å². The summed E-state index contributed by atoms with van der Waals surface area (Å²) in [4.78, 5) is 0. The number of benzene rings is 4. The highest BCUT2D eigenvalue weighted by molar-refractivity contribution is 7.95. The van der Waals surface area contributed by atoms with Crippen molar-refractivity contribution in [1.82, 2.24) is 4.44 Å². The summed E-state index contributed by atoms with van der Waals surface area (Å²) < 4.78 is 18.0. The van der Waals surface area contributed by atoms with Crippen molar-refractivity contribution in [2.45, 2.75) is 19.5 Å². The number of hydrogen-bond donors (Lipinski definition) is 0. The molecule has 0 heterocycles. The van der Waals surface area contributed by atoms with Crippen LogP contribution in [-0.4, -0.2) is 23.8 Å². The van der Waals surface area contributed by atoms with Crippen molar-refractivity contribution < 1.29 is 4.39 Å². The Balaban J connectivity index is 1.98. The largest absolute Gasteiger partial charge is 0.243 e. The number of hydrogen-bond acceptors (Lipinski definition) is 1. The molecular weight excluding hydrogens is 443 g/mol. The average Bonchev–Trinajstić information content (AvgIpc) is 2.89. The Morgan fingerprint density at radius 1 is 0.667 bits per heavy atom. The van der Waals surface area contributed by atoms with Crippen LogP contribution in [0.5, 0.6) is 0 Å². The molecule has 1 nitrogen and oxygen atoms in total. The van der Waals surface area contributed by atoms with Gasteiger partial charge in [-0.05, 0) is 41.3 Å². The Morgan fingerprint density at radius 3 is 1.39 bits per heavy atom. The molecule has 0 aliphatic carbocycles. The summed E-state index contributed by atoms with van der Waals surface area (Å²) in [5, 5.41) is 5.03. The second-order valence-corrected chi connectivity index (χ2v) is 14.2. The Hall–Kier alpha value is -2.37. The van der Waals surface area contributed by atoms with E-state index >= 15 is 4.39 Å². The van der Waals surface area contributed by atoms with Gasteiger partial charge < -0.3 is 0 Å². The summed E-state index contributed by atoms with van der Waals surface area (Å²) in [5.41, 5.74) is 0. The van der Waals surface area contributed by atoms with Crippen LogP contribution in [0.25, 0.3) is 0 Å². The minimum absolute atomic E-state index is 0.506. The SMILES string of the molecule is CCC(F)C[P+](c1ccccc1)(c1ccccc1)N(C)P(c1ccccc1)c1ccccc1. The summed E-state index contributed by atoms with van der Waals surface area (Å²) in [5.74, 6) is 0. The van der Waals surface area contributed by atoms with E-state index in [-0.39, 0.29) is 0 Å². The van der Waals surface area contributed by atoms with Gasteiger partial charge >= 0.3 is 0 Å². The molecule has 1 unspecified atom stereocenters. The predicted molar refractivity (Wildman–Crippen MR) is 146 cm³/mol. The van der Waals surface area contributed by atoms with Crippen LogP contribution in [0.2, 0.25) is 0 Å². The molecule has 4 aromatic rings. The predicted octanol–water partition coefficient (Wildman–Crippen LogP) is 6.30. The van der Waals surface area contributed by atoms with Gasteiger partial charge in [0, 0.05) is 7.05 Å². The van der Waals surface area contributed by atoms with Crippen molar-refractivity contribution in [3.05, 3.63) is 121 Å². The smallest absolute Gasteiger partial charge is 0.155 e. The minimum Gasteiger partial charge on any atom is -0.243 e. The lowest BCUT2D eigenvalue weighted by atomic mass is 10.3. The van der Waals surface area contributed by atoms with Crippen LogP contribution in [0, 0.1) is 0 Å². The first-order valence-electron chi connectivity index (χ1n) is 11.4. The monoisotopic (exact) mass is 474 g/mol. The summed E-state index contributed by atoms with van der Waals surface area (Å²) >= 11 is 0. The molecular formula is C29H31FNP2+. The molecule has 0 amide bonds. The highest BCUT2D eigenvalue weighted by Gasteiger charge is 2.52. The topological polar surface area (TPSA) is 3.24 Å². The quantitative estimate of drug-likeness (QED) is 0.258. The third-order valence-electron chi connectivity index (χ3n) is 6.06. The van der Waals surface area contributed by atoms with Gasteiger partial charge in [-0.25, -0.2) is 4.39 Å². The van der Waals surface area contributed by atoms with Crippen LogP contribution in [0.4, 0.5) is 4.39 Å². The van der Waals surface area contributed by atoms with Gasteiger partial charge in [-0.3, -0.25) is 0 Å². The summed E-state index contributed by atoms with van der Waals surface area (Å²) in [6, 6.07) is 42.7. The van der Waals surface area contributed by atoms with Gasteiger partial charge in [0.15, 0.2) is 7.41 Å². The molecule has 33 heavy (non-hydrogen) atoms. The van der Waals surface area contributed by atoms with Gasteiger partial charge in [-0.1, -0.05) is 104 Å². The molecule has 0 fully saturated rings. The molecule has 168 valence electrons. The highest BCUT2D eigenvalue weighted by Crippen LogP contribution is 2.67. The highest BCUT2D eigenvalue weighted by atomic mass is 31.2. The van der Waals surface area contributed by atoms with Crippen LogP contribution in [-0.2, 0) is 0 Å².